The van der Waals surface area contributed by atoms with Crippen LogP contribution in [0.1, 0.15) is 36.8 Å². The average molecular weight is 324 g/mol. The van der Waals surface area contributed by atoms with Gasteiger partial charge in [0.15, 0.2) is 5.76 Å². The van der Waals surface area contributed by atoms with Gasteiger partial charge in [-0.1, -0.05) is 43.3 Å². The van der Waals surface area contributed by atoms with Crippen LogP contribution in [-0.2, 0) is 6.54 Å². The normalized spacial score (nSPS) is 11.0. The molecule has 0 bridgehead atoms. The second kappa shape index (κ2) is 6.70. The van der Waals surface area contributed by atoms with Crippen LogP contribution in [0.25, 0.3) is 10.9 Å². The summed E-state index contributed by atoms with van der Waals surface area (Å²) in [4.78, 5) is 16.6. The first-order valence-corrected chi connectivity index (χ1v) is 7.90. The molecule has 0 radical (unpaired) electrons. The Morgan fingerprint density at radius 1 is 1.25 bits per heavy atom. The van der Waals surface area contributed by atoms with E-state index in [9.17, 15) is 4.79 Å². The Morgan fingerprint density at radius 2 is 2.04 bits per heavy atom. The van der Waals surface area contributed by atoms with Crippen LogP contribution in [0, 0.1) is 6.92 Å². The monoisotopic (exact) mass is 324 g/mol. The first kappa shape index (κ1) is 16.0. The fraction of sp³-hybridized carbons (Fsp3) is 0.278. The molecule has 3 rings (SSSR count). The van der Waals surface area contributed by atoms with Crippen molar-refractivity contribution in [3.63, 3.8) is 0 Å². The maximum absolute atomic E-state index is 12.2. The van der Waals surface area contributed by atoms with Crippen LogP contribution in [0.4, 0.5) is 10.5 Å². The van der Waals surface area contributed by atoms with E-state index >= 15 is 0 Å². The maximum Gasteiger partial charge on any atom is 0.319 e. The van der Waals surface area contributed by atoms with Crippen LogP contribution in [0.2, 0.25) is 0 Å². The first-order chi connectivity index (χ1) is 11.6. The van der Waals surface area contributed by atoms with E-state index in [1.807, 2.05) is 44.2 Å². The van der Waals surface area contributed by atoms with Gasteiger partial charge in [-0.15, -0.1) is 0 Å². The summed E-state index contributed by atoms with van der Waals surface area (Å²) in [6.07, 6.45) is 1.75. The second-order valence-electron chi connectivity index (χ2n) is 5.96. The van der Waals surface area contributed by atoms with Gasteiger partial charge in [-0.25, -0.2) is 4.79 Å². The van der Waals surface area contributed by atoms with Gasteiger partial charge >= 0.3 is 6.03 Å². The van der Waals surface area contributed by atoms with Gasteiger partial charge in [-0.05, 0) is 18.6 Å². The van der Waals surface area contributed by atoms with Gasteiger partial charge in [0.25, 0.3) is 0 Å². The summed E-state index contributed by atoms with van der Waals surface area (Å²) >= 11 is 0. The number of anilines is 1. The van der Waals surface area contributed by atoms with Crippen LogP contribution in [-0.4, -0.2) is 16.2 Å². The van der Waals surface area contributed by atoms with E-state index in [4.69, 9.17) is 4.52 Å². The lowest BCUT2D eigenvalue weighted by molar-refractivity contribution is 0.251. The predicted octanol–water partition coefficient (Wildman–Crippen LogP) is 3.98. The van der Waals surface area contributed by atoms with Gasteiger partial charge in [0.05, 0.1) is 5.52 Å². The van der Waals surface area contributed by atoms with Crippen molar-refractivity contribution < 1.29 is 9.32 Å². The Kier molecular flexibility index (Phi) is 4.46. The van der Waals surface area contributed by atoms with Crippen LogP contribution in [0.3, 0.4) is 0 Å². The quantitative estimate of drug-likeness (QED) is 0.761. The average Bonchev–Trinajstić information content (AvgIpc) is 2.94. The van der Waals surface area contributed by atoms with Gasteiger partial charge in [-0.3, -0.25) is 4.98 Å². The third kappa shape index (κ3) is 3.22. The minimum atomic E-state index is -0.295. The number of aryl methyl sites for hydroxylation is 1. The number of fused-ring (bicyclic) bond motifs is 1. The number of para-hydroxylation sites is 1. The van der Waals surface area contributed by atoms with Gasteiger partial charge in [0.2, 0.25) is 0 Å². The number of carbonyl (C=O) groups is 1. The lowest BCUT2D eigenvalue weighted by Gasteiger charge is -2.10. The topological polar surface area (TPSA) is 80.0 Å². The highest BCUT2D eigenvalue weighted by molar-refractivity contribution is 5.91. The molecule has 6 heteroatoms. The van der Waals surface area contributed by atoms with E-state index in [2.05, 4.69) is 20.8 Å². The molecular weight excluding hydrogens is 304 g/mol. The summed E-state index contributed by atoms with van der Waals surface area (Å²) in [6, 6.07) is 9.52. The van der Waals surface area contributed by atoms with Gasteiger partial charge < -0.3 is 15.2 Å². The Bertz CT molecular complexity index is 865. The number of nitrogens with zero attached hydrogens (tertiary/aromatic N) is 2. The van der Waals surface area contributed by atoms with Crippen molar-refractivity contribution in [2.75, 3.05) is 5.32 Å². The molecule has 2 N–H and O–H groups in total. The molecule has 2 amide bonds. The van der Waals surface area contributed by atoms with Crippen molar-refractivity contribution in [1.82, 2.24) is 15.5 Å². The Morgan fingerprint density at radius 3 is 2.83 bits per heavy atom. The maximum atomic E-state index is 12.2. The summed E-state index contributed by atoms with van der Waals surface area (Å²) in [7, 11) is 0. The molecule has 0 spiro atoms. The van der Waals surface area contributed by atoms with Crippen molar-refractivity contribution in [3.05, 3.63) is 53.5 Å². The van der Waals surface area contributed by atoms with Crippen molar-refractivity contribution in [2.24, 2.45) is 0 Å². The van der Waals surface area contributed by atoms with E-state index in [1.54, 1.807) is 13.1 Å². The minimum Gasteiger partial charge on any atom is -0.359 e. The second-order valence-corrected chi connectivity index (χ2v) is 5.96. The van der Waals surface area contributed by atoms with Crippen molar-refractivity contribution >= 4 is 22.6 Å². The number of benzene rings is 1. The van der Waals surface area contributed by atoms with E-state index in [0.29, 0.717) is 23.7 Å². The molecule has 24 heavy (non-hydrogen) atoms. The molecule has 0 saturated heterocycles. The van der Waals surface area contributed by atoms with E-state index in [0.717, 1.165) is 16.5 Å². The lowest BCUT2D eigenvalue weighted by Crippen LogP contribution is -2.28. The molecule has 0 unspecified atom stereocenters. The van der Waals surface area contributed by atoms with Crippen LogP contribution >= 0.6 is 0 Å². The van der Waals surface area contributed by atoms with E-state index in [-0.39, 0.29) is 11.9 Å². The smallest absolute Gasteiger partial charge is 0.319 e. The molecule has 2 aromatic heterocycles. The Hall–Kier alpha value is -2.89. The lowest BCUT2D eigenvalue weighted by atomic mass is 10.1. The van der Waals surface area contributed by atoms with E-state index < -0.39 is 0 Å². The highest BCUT2D eigenvalue weighted by atomic mass is 16.5. The molecule has 0 aliphatic heterocycles. The standard InChI is InChI=1S/C18H20N4O2/c1-11(2)17-15(12(3)22-24-17)21-18(23)20-10-14-7-4-6-13-8-5-9-19-16(13)14/h4-9,11H,10H2,1-3H3,(H2,20,21,23). The van der Waals surface area contributed by atoms with E-state index in [1.165, 1.54) is 0 Å². The molecule has 2 heterocycles. The summed E-state index contributed by atoms with van der Waals surface area (Å²) in [5, 5.41) is 10.7. The number of rotatable bonds is 4. The van der Waals surface area contributed by atoms with Crippen molar-refractivity contribution in [3.8, 4) is 0 Å². The van der Waals surface area contributed by atoms with Gasteiger partial charge in [0, 0.05) is 24.0 Å². The number of amides is 2. The molecule has 6 nitrogen and oxygen atoms in total. The predicted molar refractivity (Wildman–Crippen MR) is 92.9 cm³/mol. The third-order valence-corrected chi connectivity index (χ3v) is 3.81. The van der Waals surface area contributed by atoms with Crippen LogP contribution < -0.4 is 10.6 Å². The number of nitrogens with one attached hydrogen (secondary N) is 2. The van der Waals surface area contributed by atoms with Crippen LogP contribution in [0.5, 0.6) is 0 Å². The molecule has 1 aromatic carbocycles. The summed E-state index contributed by atoms with van der Waals surface area (Å²) in [5.74, 6) is 0.818. The summed E-state index contributed by atoms with van der Waals surface area (Å²) in [6.45, 7) is 6.18. The van der Waals surface area contributed by atoms with Gasteiger partial charge in [-0.2, -0.15) is 0 Å². The Balaban J connectivity index is 1.71. The highest BCUT2D eigenvalue weighted by Crippen LogP contribution is 2.27. The molecule has 0 aliphatic carbocycles. The zero-order chi connectivity index (χ0) is 17.1. The number of aromatic nitrogens is 2. The molecule has 124 valence electrons. The fourth-order valence-electron chi connectivity index (χ4n) is 2.58. The Labute approximate surface area is 140 Å². The third-order valence-electron chi connectivity index (χ3n) is 3.81. The molecular formula is C18H20N4O2. The number of hydrogen-bond donors (Lipinski definition) is 2. The highest BCUT2D eigenvalue weighted by Gasteiger charge is 2.18. The number of carbonyl (C=O) groups excluding carboxylic acids is 1. The zero-order valence-electron chi connectivity index (χ0n) is 14.0. The summed E-state index contributed by atoms with van der Waals surface area (Å²) < 4.78 is 5.28. The molecule has 0 fully saturated rings. The van der Waals surface area contributed by atoms with Crippen LogP contribution in [0.15, 0.2) is 41.1 Å². The summed E-state index contributed by atoms with van der Waals surface area (Å²) in [5.41, 5.74) is 3.16. The molecule has 3 aromatic rings. The van der Waals surface area contributed by atoms with Gasteiger partial charge in [0.1, 0.15) is 11.4 Å². The first-order valence-electron chi connectivity index (χ1n) is 7.90. The molecule has 0 aliphatic rings. The fourth-order valence-corrected chi connectivity index (χ4v) is 2.58. The van der Waals surface area contributed by atoms with Crippen molar-refractivity contribution in [2.45, 2.75) is 33.2 Å². The number of hydrogen-bond acceptors (Lipinski definition) is 4. The largest absolute Gasteiger partial charge is 0.359 e. The van der Waals surface area contributed by atoms with Crippen molar-refractivity contribution in [1.29, 1.82) is 0 Å². The molecule has 0 atom stereocenters. The SMILES string of the molecule is Cc1noc(C(C)C)c1NC(=O)NCc1cccc2cccnc12. The minimum absolute atomic E-state index is 0.142. The number of urea groups is 1. The number of pyridine rings is 1. The molecule has 0 saturated carbocycles. The zero-order valence-corrected chi connectivity index (χ0v) is 14.0.